The van der Waals surface area contributed by atoms with E-state index >= 15 is 0 Å². The van der Waals surface area contributed by atoms with Crippen molar-refractivity contribution in [2.75, 3.05) is 6.54 Å². The molecule has 0 bridgehead atoms. The van der Waals surface area contributed by atoms with Crippen LogP contribution in [-0.4, -0.2) is 6.54 Å². The van der Waals surface area contributed by atoms with Crippen LogP contribution < -0.4 is 5.32 Å². The summed E-state index contributed by atoms with van der Waals surface area (Å²) in [4.78, 5) is 1.48. The maximum atomic E-state index is 3.67. The molecule has 1 aromatic heterocycles. The summed E-state index contributed by atoms with van der Waals surface area (Å²) in [6.07, 6.45) is 3.51. The minimum Gasteiger partial charge on any atom is -0.310 e. The van der Waals surface area contributed by atoms with E-state index in [9.17, 15) is 0 Å². The molecule has 0 radical (unpaired) electrons. The van der Waals surface area contributed by atoms with E-state index in [0.717, 1.165) is 13.0 Å². The Morgan fingerprint density at radius 1 is 1.21 bits per heavy atom. The Morgan fingerprint density at radius 2 is 2.00 bits per heavy atom. The van der Waals surface area contributed by atoms with E-state index in [-0.39, 0.29) is 0 Å². The van der Waals surface area contributed by atoms with Crippen molar-refractivity contribution < 1.29 is 0 Å². The van der Waals surface area contributed by atoms with Crippen molar-refractivity contribution in [3.63, 3.8) is 0 Å². The quantitative estimate of drug-likeness (QED) is 0.660. The number of nitrogens with one attached hydrogen (secondary N) is 1. The van der Waals surface area contributed by atoms with E-state index in [0.29, 0.717) is 6.04 Å². The number of thiophene rings is 1. The summed E-state index contributed by atoms with van der Waals surface area (Å²) in [7, 11) is 0. The van der Waals surface area contributed by atoms with Crippen LogP contribution in [-0.2, 0) is 6.42 Å². The van der Waals surface area contributed by atoms with Crippen LogP contribution in [0, 0.1) is 3.57 Å². The van der Waals surface area contributed by atoms with Gasteiger partial charge in [-0.15, -0.1) is 11.3 Å². The summed E-state index contributed by atoms with van der Waals surface area (Å²) in [5.74, 6) is 0. The van der Waals surface area contributed by atoms with Crippen molar-refractivity contribution in [2.45, 2.75) is 32.2 Å². The van der Waals surface area contributed by atoms with Gasteiger partial charge in [-0.3, -0.25) is 0 Å². The van der Waals surface area contributed by atoms with Gasteiger partial charge < -0.3 is 5.32 Å². The van der Waals surface area contributed by atoms with E-state index < -0.39 is 0 Å². The van der Waals surface area contributed by atoms with Gasteiger partial charge >= 0.3 is 0 Å². The Labute approximate surface area is 133 Å². The number of rotatable bonds is 7. The smallest absolute Gasteiger partial charge is 0.0323 e. The third-order valence-corrected chi connectivity index (χ3v) is 4.83. The highest BCUT2D eigenvalue weighted by atomic mass is 127. The molecule has 0 fully saturated rings. The standard InChI is InChI=1S/C16H20INS/c1-2-11-18-16(10-9-15-4-3-12-19-15)13-5-7-14(17)8-6-13/h3-8,12,16,18H,2,9-11H2,1H3. The number of hydrogen-bond donors (Lipinski definition) is 1. The number of hydrogen-bond acceptors (Lipinski definition) is 2. The summed E-state index contributed by atoms with van der Waals surface area (Å²) in [5.41, 5.74) is 1.41. The van der Waals surface area contributed by atoms with Gasteiger partial charge in [-0.05, 0) is 77.5 Å². The second-order valence-electron chi connectivity index (χ2n) is 4.68. The Hall–Kier alpha value is -0.390. The molecule has 0 saturated heterocycles. The van der Waals surface area contributed by atoms with Gasteiger partial charge in [0.1, 0.15) is 0 Å². The Kier molecular flexibility index (Phi) is 6.34. The predicted octanol–water partition coefficient (Wildman–Crippen LogP) is 5.03. The van der Waals surface area contributed by atoms with Gasteiger partial charge in [0, 0.05) is 14.5 Å². The highest BCUT2D eigenvalue weighted by molar-refractivity contribution is 14.1. The molecule has 1 unspecified atom stereocenters. The number of halogens is 1. The van der Waals surface area contributed by atoms with Crippen molar-refractivity contribution in [1.29, 1.82) is 0 Å². The molecule has 1 aromatic carbocycles. The second-order valence-corrected chi connectivity index (χ2v) is 6.95. The average molecular weight is 385 g/mol. The zero-order valence-electron chi connectivity index (χ0n) is 11.2. The lowest BCUT2D eigenvalue weighted by Crippen LogP contribution is -2.22. The molecular weight excluding hydrogens is 365 g/mol. The van der Waals surface area contributed by atoms with Crippen molar-refractivity contribution in [3.05, 3.63) is 55.8 Å². The maximum absolute atomic E-state index is 3.67. The first-order valence-electron chi connectivity index (χ1n) is 6.81. The summed E-state index contributed by atoms with van der Waals surface area (Å²) in [6, 6.07) is 13.7. The van der Waals surface area contributed by atoms with Crippen LogP contribution in [0.15, 0.2) is 41.8 Å². The van der Waals surface area contributed by atoms with Gasteiger partial charge in [0.2, 0.25) is 0 Å². The fraction of sp³-hybridized carbons (Fsp3) is 0.375. The zero-order chi connectivity index (χ0) is 13.5. The van der Waals surface area contributed by atoms with Gasteiger partial charge in [0.25, 0.3) is 0 Å². The summed E-state index contributed by atoms with van der Waals surface area (Å²) in [5, 5.41) is 5.83. The van der Waals surface area contributed by atoms with Gasteiger partial charge in [-0.1, -0.05) is 25.1 Å². The first kappa shape index (κ1) is 15.0. The maximum Gasteiger partial charge on any atom is 0.0323 e. The lowest BCUT2D eigenvalue weighted by atomic mass is 10.0. The van der Waals surface area contributed by atoms with Crippen LogP contribution in [0.4, 0.5) is 0 Å². The minimum atomic E-state index is 0.471. The van der Waals surface area contributed by atoms with E-state index in [1.165, 1.54) is 26.9 Å². The largest absolute Gasteiger partial charge is 0.310 e. The van der Waals surface area contributed by atoms with Gasteiger partial charge in [0.15, 0.2) is 0 Å². The molecule has 1 N–H and O–H groups in total. The molecule has 1 atom stereocenters. The second kappa shape index (κ2) is 8.02. The molecule has 2 rings (SSSR count). The molecule has 102 valence electrons. The monoisotopic (exact) mass is 385 g/mol. The highest BCUT2D eigenvalue weighted by Crippen LogP contribution is 2.22. The summed E-state index contributed by atoms with van der Waals surface area (Å²) < 4.78 is 1.30. The van der Waals surface area contributed by atoms with Gasteiger partial charge in [0.05, 0.1) is 0 Å². The van der Waals surface area contributed by atoms with Crippen LogP contribution >= 0.6 is 33.9 Å². The van der Waals surface area contributed by atoms with Gasteiger partial charge in [-0.2, -0.15) is 0 Å². The van der Waals surface area contributed by atoms with Crippen molar-refractivity contribution in [2.24, 2.45) is 0 Å². The lowest BCUT2D eigenvalue weighted by molar-refractivity contribution is 0.500. The van der Waals surface area contributed by atoms with Crippen molar-refractivity contribution in [1.82, 2.24) is 5.32 Å². The molecular formula is C16H20INS. The highest BCUT2D eigenvalue weighted by Gasteiger charge is 2.10. The first-order valence-corrected chi connectivity index (χ1v) is 8.76. The topological polar surface area (TPSA) is 12.0 Å². The Morgan fingerprint density at radius 3 is 2.63 bits per heavy atom. The van der Waals surface area contributed by atoms with E-state index in [1.54, 1.807) is 0 Å². The zero-order valence-corrected chi connectivity index (χ0v) is 14.2. The van der Waals surface area contributed by atoms with Crippen LogP contribution in [0.1, 0.15) is 36.2 Å². The molecule has 1 heterocycles. The molecule has 2 aromatic rings. The van der Waals surface area contributed by atoms with Crippen molar-refractivity contribution in [3.8, 4) is 0 Å². The fourth-order valence-electron chi connectivity index (χ4n) is 2.14. The van der Waals surface area contributed by atoms with Gasteiger partial charge in [-0.25, -0.2) is 0 Å². The fourth-order valence-corrected chi connectivity index (χ4v) is 3.23. The van der Waals surface area contributed by atoms with E-state index in [1.807, 2.05) is 11.3 Å². The molecule has 19 heavy (non-hydrogen) atoms. The van der Waals surface area contributed by atoms with Crippen LogP contribution in [0.5, 0.6) is 0 Å². The number of aryl methyl sites for hydroxylation is 1. The molecule has 0 saturated carbocycles. The number of benzene rings is 1. The SMILES string of the molecule is CCCNC(CCc1cccs1)c1ccc(I)cc1. The van der Waals surface area contributed by atoms with Crippen LogP contribution in [0.25, 0.3) is 0 Å². The van der Waals surface area contributed by atoms with E-state index in [2.05, 4.69) is 76.6 Å². The molecule has 0 amide bonds. The lowest BCUT2D eigenvalue weighted by Gasteiger charge is -2.19. The minimum absolute atomic E-state index is 0.471. The Balaban J connectivity index is 2.00. The summed E-state index contributed by atoms with van der Waals surface area (Å²) in [6.45, 7) is 3.30. The molecule has 0 aliphatic heterocycles. The molecule has 1 nitrogen and oxygen atoms in total. The predicted molar refractivity (Wildman–Crippen MR) is 92.8 cm³/mol. The van der Waals surface area contributed by atoms with Crippen LogP contribution in [0.3, 0.4) is 0 Å². The Bertz CT molecular complexity index is 464. The molecule has 0 aliphatic carbocycles. The molecule has 3 heteroatoms. The molecule has 0 aliphatic rings. The van der Waals surface area contributed by atoms with Crippen LogP contribution in [0.2, 0.25) is 0 Å². The third kappa shape index (κ3) is 4.89. The first-order chi connectivity index (χ1) is 9.29. The average Bonchev–Trinajstić information content (AvgIpc) is 2.93. The van der Waals surface area contributed by atoms with E-state index in [4.69, 9.17) is 0 Å². The summed E-state index contributed by atoms with van der Waals surface area (Å²) >= 11 is 4.22. The normalized spacial score (nSPS) is 12.5. The van der Waals surface area contributed by atoms with Crippen molar-refractivity contribution >= 4 is 33.9 Å². The molecule has 0 spiro atoms. The third-order valence-electron chi connectivity index (χ3n) is 3.17.